The number of phenolic OH excluding ortho intramolecular Hbond substituents is 1. The van der Waals surface area contributed by atoms with E-state index in [4.69, 9.17) is 4.52 Å². The summed E-state index contributed by atoms with van der Waals surface area (Å²) in [5.41, 5.74) is 0.560. The number of carbonyl (C=O) groups is 1. The highest BCUT2D eigenvalue weighted by atomic mass is 19.1. The highest BCUT2D eigenvalue weighted by molar-refractivity contribution is 5.74. The molecule has 0 saturated carbocycles. The van der Waals surface area contributed by atoms with Crippen molar-refractivity contribution in [1.29, 1.82) is 0 Å². The summed E-state index contributed by atoms with van der Waals surface area (Å²) in [5, 5.41) is 15.9. The lowest BCUT2D eigenvalue weighted by Gasteiger charge is -2.23. The Morgan fingerprint density at radius 1 is 1.44 bits per heavy atom. The van der Waals surface area contributed by atoms with Crippen LogP contribution in [-0.4, -0.2) is 32.7 Å². The van der Waals surface area contributed by atoms with Gasteiger partial charge in [-0.25, -0.2) is 9.18 Å². The van der Waals surface area contributed by atoms with Gasteiger partial charge in [-0.3, -0.25) is 0 Å². The van der Waals surface area contributed by atoms with Crippen LogP contribution in [0.5, 0.6) is 5.75 Å². The van der Waals surface area contributed by atoms with Crippen LogP contribution in [0.4, 0.5) is 9.18 Å². The van der Waals surface area contributed by atoms with Crippen molar-refractivity contribution in [2.45, 2.75) is 46.2 Å². The molecule has 1 aromatic heterocycles. The van der Waals surface area contributed by atoms with Crippen LogP contribution < -0.4 is 5.32 Å². The summed E-state index contributed by atoms with van der Waals surface area (Å²) in [5.74, 6) is -0.135. The molecule has 0 aliphatic rings. The van der Waals surface area contributed by atoms with Crippen LogP contribution in [0.3, 0.4) is 0 Å². The summed E-state index contributed by atoms with van der Waals surface area (Å²) in [6, 6.07) is 3.30. The molecule has 2 N–H and O–H groups in total. The number of urea groups is 1. The molecule has 25 heavy (non-hydrogen) atoms. The van der Waals surface area contributed by atoms with E-state index in [1.165, 1.54) is 17.0 Å². The third kappa shape index (κ3) is 4.91. The minimum atomic E-state index is -0.721. The highest BCUT2D eigenvalue weighted by Crippen LogP contribution is 2.21. The molecule has 7 nitrogen and oxygen atoms in total. The topological polar surface area (TPSA) is 91.5 Å². The highest BCUT2D eigenvalue weighted by Gasteiger charge is 2.18. The number of rotatable bonds is 7. The number of aromatic nitrogens is 2. The van der Waals surface area contributed by atoms with Gasteiger partial charge in [-0.1, -0.05) is 18.1 Å². The van der Waals surface area contributed by atoms with Gasteiger partial charge in [0.15, 0.2) is 17.4 Å². The number of nitrogens with one attached hydrogen (secondary N) is 1. The summed E-state index contributed by atoms with van der Waals surface area (Å²) >= 11 is 0. The maximum Gasteiger partial charge on any atom is 0.318 e. The predicted octanol–water partition coefficient (Wildman–Crippen LogP) is 3.16. The van der Waals surface area contributed by atoms with Crippen molar-refractivity contribution in [3.8, 4) is 5.75 Å². The zero-order valence-corrected chi connectivity index (χ0v) is 14.6. The van der Waals surface area contributed by atoms with Gasteiger partial charge in [0.25, 0.3) is 0 Å². The standard InChI is InChI=1S/C17H23FN4O3/c1-4-6-16-20-15(21-25-16)10-22(5-2)17(24)19-11(3)12-7-8-14(23)13(18)9-12/h7-9,11,23H,4-6,10H2,1-3H3,(H,19,24). The molecule has 1 unspecified atom stereocenters. The minimum Gasteiger partial charge on any atom is -0.505 e. The summed E-state index contributed by atoms with van der Waals surface area (Å²) < 4.78 is 18.6. The molecule has 0 spiro atoms. The number of benzene rings is 1. The molecule has 0 radical (unpaired) electrons. The number of aryl methyl sites for hydroxylation is 1. The lowest BCUT2D eigenvalue weighted by Crippen LogP contribution is -2.40. The molecule has 1 aromatic carbocycles. The third-order valence-corrected chi connectivity index (χ3v) is 3.79. The second-order valence-corrected chi connectivity index (χ2v) is 5.75. The van der Waals surface area contributed by atoms with Crippen molar-refractivity contribution in [3.05, 3.63) is 41.3 Å². The minimum absolute atomic E-state index is 0.228. The molecule has 2 amide bonds. The predicted molar refractivity (Wildman–Crippen MR) is 89.4 cm³/mol. The summed E-state index contributed by atoms with van der Waals surface area (Å²) in [6.07, 6.45) is 1.61. The molecule has 0 fully saturated rings. The van der Waals surface area contributed by atoms with Gasteiger partial charge in [-0.05, 0) is 38.0 Å². The molecule has 1 atom stereocenters. The first-order valence-electron chi connectivity index (χ1n) is 8.29. The fraction of sp³-hybridized carbons (Fsp3) is 0.471. The van der Waals surface area contributed by atoms with Crippen LogP contribution in [0.15, 0.2) is 22.7 Å². The number of halogens is 1. The van der Waals surface area contributed by atoms with Gasteiger partial charge in [0.2, 0.25) is 5.89 Å². The van der Waals surface area contributed by atoms with E-state index in [2.05, 4.69) is 15.5 Å². The molecule has 0 aliphatic heterocycles. The van der Waals surface area contributed by atoms with Crippen molar-refractivity contribution in [2.75, 3.05) is 6.54 Å². The Kier molecular flexibility index (Phi) is 6.32. The molecule has 0 bridgehead atoms. The van der Waals surface area contributed by atoms with E-state index in [-0.39, 0.29) is 12.6 Å². The molecule has 0 saturated heterocycles. The second kappa shape index (κ2) is 8.46. The average molecular weight is 350 g/mol. The van der Waals surface area contributed by atoms with Gasteiger partial charge in [0.1, 0.15) is 0 Å². The van der Waals surface area contributed by atoms with Gasteiger partial charge < -0.3 is 19.8 Å². The van der Waals surface area contributed by atoms with Crippen LogP contribution in [0, 0.1) is 5.82 Å². The fourth-order valence-electron chi connectivity index (χ4n) is 2.32. The molecule has 0 aliphatic carbocycles. The first-order chi connectivity index (χ1) is 11.9. The van der Waals surface area contributed by atoms with E-state index in [0.29, 0.717) is 30.2 Å². The maximum atomic E-state index is 13.5. The average Bonchev–Trinajstić information content (AvgIpc) is 3.02. The van der Waals surface area contributed by atoms with Crippen LogP contribution in [-0.2, 0) is 13.0 Å². The fourth-order valence-corrected chi connectivity index (χ4v) is 2.32. The number of nitrogens with zero attached hydrogens (tertiary/aromatic N) is 3. The number of hydrogen-bond donors (Lipinski definition) is 2. The van der Waals surface area contributed by atoms with Crippen molar-refractivity contribution in [2.24, 2.45) is 0 Å². The lowest BCUT2D eigenvalue weighted by molar-refractivity contribution is 0.192. The smallest absolute Gasteiger partial charge is 0.318 e. The van der Waals surface area contributed by atoms with E-state index in [0.717, 1.165) is 6.42 Å². The molecule has 8 heteroatoms. The van der Waals surface area contributed by atoms with Crippen LogP contribution in [0.2, 0.25) is 0 Å². The number of carbonyl (C=O) groups excluding carboxylic acids is 1. The van der Waals surface area contributed by atoms with Gasteiger partial charge in [-0.2, -0.15) is 4.98 Å². The first kappa shape index (κ1) is 18.7. The Morgan fingerprint density at radius 3 is 2.84 bits per heavy atom. The van der Waals surface area contributed by atoms with Gasteiger partial charge in [-0.15, -0.1) is 0 Å². The van der Waals surface area contributed by atoms with Gasteiger partial charge >= 0.3 is 6.03 Å². The molecule has 1 heterocycles. The number of phenols is 1. The zero-order valence-electron chi connectivity index (χ0n) is 14.6. The molecular weight excluding hydrogens is 327 g/mol. The van der Waals surface area contributed by atoms with Crippen molar-refractivity contribution in [3.63, 3.8) is 0 Å². The number of amides is 2. The van der Waals surface area contributed by atoms with Crippen LogP contribution >= 0.6 is 0 Å². The zero-order chi connectivity index (χ0) is 18.4. The van der Waals surface area contributed by atoms with E-state index < -0.39 is 17.6 Å². The number of hydrogen-bond acceptors (Lipinski definition) is 5. The van der Waals surface area contributed by atoms with Crippen LogP contribution in [0.25, 0.3) is 0 Å². The van der Waals surface area contributed by atoms with Crippen molar-refractivity contribution in [1.82, 2.24) is 20.4 Å². The normalized spacial score (nSPS) is 12.0. The van der Waals surface area contributed by atoms with Gasteiger partial charge in [0.05, 0.1) is 12.6 Å². The maximum absolute atomic E-state index is 13.5. The Hall–Kier alpha value is -2.64. The lowest BCUT2D eigenvalue weighted by atomic mass is 10.1. The third-order valence-electron chi connectivity index (χ3n) is 3.79. The second-order valence-electron chi connectivity index (χ2n) is 5.75. The summed E-state index contributed by atoms with van der Waals surface area (Å²) in [6.45, 7) is 6.29. The quantitative estimate of drug-likeness (QED) is 0.800. The summed E-state index contributed by atoms with van der Waals surface area (Å²) in [7, 11) is 0. The monoisotopic (exact) mass is 350 g/mol. The van der Waals surface area contributed by atoms with E-state index >= 15 is 0 Å². The largest absolute Gasteiger partial charge is 0.505 e. The van der Waals surface area contributed by atoms with E-state index in [1.807, 2.05) is 13.8 Å². The summed E-state index contributed by atoms with van der Waals surface area (Å²) in [4.78, 5) is 18.2. The van der Waals surface area contributed by atoms with Crippen LogP contribution in [0.1, 0.15) is 50.5 Å². The molecule has 2 aromatic rings. The van der Waals surface area contributed by atoms with Gasteiger partial charge in [0, 0.05) is 13.0 Å². The van der Waals surface area contributed by atoms with E-state index in [9.17, 15) is 14.3 Å². The SMILES string of the molecule is CCCc1nc(CN(CC)C(=O)NC(C)c2ccc(O)c(F)c2)no1. The Bertz CT molecular complexity index is 720. The molecule has 2 rings (SSSR count). The Morgan fingerprint density at radius 2 is 2.20 bits per heavy atom. The first-order valence-corrected chi connectivity index (χ1v) is 8.29. The Labute approximate surface area is 145 Å². The molecule has 136 valence electrons. The van der Waals surface area contributed by atoms with Crippen molar-refractivity contribution < 1.29 is 18.8 Å². The molecular formula is C17H23FN4O3. The van der Waals surface area contributed by atoms with E-state index in [1.54, 1.807) is 13.0 Å². The Balaban J connectivity index is 1.99. The van der Waals surface area contributed by atoms with Crippen molar-refractivity contribution >= 4 is 6.03 Å². The number of aromatic hydroxyl groups is 1.